The van der Waals surface area contributed by atoms with Crippen molar-refractivity contribution in [3.63, 3.8) is 0 Å². The van der Waals surface area contributed by atoms with E-state index in [4.69, 9.17) is 14.2 Å². The first-order valence-electron chi connectivity index (χ1n) is 19.1. The molecule has 12 heteroatoms. The summed E-state index contributed by atoms with van der Waals surface area (Å²) in [5.41, 5.74) is 1.53. The normalized spacial score (nSPS) is 17.5. The molecule has 2 saturated heterocycles. The molecule has 2 aliphatic rings. The number of halogens is 1. The number of piperidine rings is 2. The van der Waals surface area contributed by atoms with E-state index >= 15 is 0 Å². The van der Waals surface area contributed by atoms with Gasteiger partial charge in [-0.3, -0.25) is 19.4 Å². The highest BCUT2D eigenvalue weighted by atomic mass is 19.1. The maximum Gasteiger partial charge on any atom is 0.410 e. The van der Waals surface area contributed by atoms with Crippen LogP contribution in [0.25, 0.3) is 0 Å². The van der Waals surface area contributed by atoms with Crippen LogP contribution in [-0.4, -0.2) is 89.3 Å². The van der Waals surface area contributed by atoms with Gasteiger partial charge in [-0.05, 0) is 121 Å². The summed E-state index contributed by atoms with van der Waals surface area (Å²) in [5, 5.41) is 3.11. The summed E-state index contributed by atoms with van der Waals surface area (Å²) >= 11 is 0. The second kappa shape index (κ2) is 19.2. The first-order chi connectivity index (χ1) is 25.1. The number of likely N-dealkylation sites (tertiary alicyclic amines) is 2. The number of nitrogens with one attached hydrogen (secondary N) is 1. The fraction of sp³-hybridized carbons (Fsp3) is 0.634. The van der Waals surface area contributed by atoms with Crippen LogP contribution in [0.5, 0.6) is 5.75 Å². The third-order valence-corrected chi connectivity index (χ3v) is 9.47. The Bertz CT molecular complexity index is 1510. The molecule has 1 N–H and O–H groups in total. The molecule has 3 heterocycles. The van der Waals surface area contributed by atoms with Gasteiger partial charge in [0.05, 0.1) is 18.4 Å². The molecule has 0 spiro atoms. The lowest BCUT2D eigenvalue weighted by molar-refractivity contribution is -0.155. The number of esters is 1. The number of nitrogens with zero attached hydrogens (tertiary/aromatic N) is 3. The zero-order chi connectivity index (χ0) is 38.6. The molecule has 0 radical (unpaired) electrons. The van der Waals surface area contributed by atoms with Crippen molar-refractivity contribution in [3.8, 4) is 5.75 Å². The molecule has 2 atom stereocenters. The largest absolute Gasteiger partial charge is 0.491 e. The number of carbonyl (C=O) groups excluding carboxylic acids is 4. The molecule has 0 aliphatic carbocycles. The van der Waals surface area contributed by atoms with Gasteiger partial charge in [0.25, 0.3) is 0 Å². The lowest BCUT2D eigenvalue weighted by Crippen LogP contribution is -2.46. The smallest absolute Gasteiger partial charge is 0.410 e. The first kappa shape index (κ1) is 41.5. The number of pyridine rings is 1. The van der Waals surface area contributed by atoms with E-state index in [1.807, 2.05) is 51.1 Å². The van der Waals surface area contributed by atoms with Crippen molar-refractivity contribution in [2.75, 3.05) is 39.5 Å². The second-order valence-corrected chi connectivity index (χ2v) is 16.3. The molecule has 11 nitrogen and oxygen atoms in total. The van der Waals surface area contributed by atoms with Crippen LogP contribution in [0.15, 0.2) is 42.7 Å². The number of alkyl halides is 1. The molecule has 1 aromatic carbocycles. The van der Waals surface area contributed by atoms with E-state index in [0.717, 1.165) is 43.2 Å². The minimum atomic E-state index is -0.683. The van der Waals surface area contributed by atoms with Crippen LogP contribution in [0.1, 0.15) is 109 Å². The van der Waals surface area contributed by atoms with Gasteiger partial charge in [-0.1, -0.05) is 18.2 Å². The summed E-state index contributed by atoms with van der Waals surface area (Å²) in [6, 6.07) is 8.86. The monoisotopic (exact) mass is 738 g/mol. The Balaban J connectivity index is 1.33. The fourth-order valence-corrected chi connectivity index (χ4v) is 6.76. The summed E-state index contributed by atoms with van der Waals surface area (Å²) in [7, 11) is 0. The number of aryl methyl sites for hydroxylation is 2. The number of ether oxygens (including phenoxy) is 3. The number of amides is 3. The minimum Gasteiger partial charge on any atom is -0.491 e. The van der Waals surface area contributed by atoms with Crippen molar-refractivity contribution in [2.45, 2.75) is 117 Å². The standard InChI is InChI=1S/C41H59FN4O7/c1-40(2,3)52-37(48)25-35(33-24-31(26-43-27-33)10-9-29-11-14-34(15-12-29)51-23-19-42)44-38(49)32-8-7-20-46(28-32)36(47)16-13-30-17-21-45(22-18-30)39(50)53-41(4,5)6/h11-12,14-15,24,26-27,30,32,35H,7-10,13,16-23,25,28H2,1-6H3,(H,44,49)/t32-,35+/m1/s1. The van der Waals surface area contributed by atoms with Crippen LogP contribution in [0.2, 0.25) is 0 Å². The van der Waals surface area contributed by atoms with E-state index in [-0.39, 0.29) is 30.9 Å². The predicted octanol–water partition coefficient (Wildman–Crippen LogP) is 6.77. The topological polar surface area (TPSA) is 127 Å². The Morgan fingerprint density at radius 1 is 0.887 bits per heavy atom. The molecule has 1 aromatic heterocycles. The van der Waals surface area contributed by atoms with E-state index in [0.29, 0.717) is 62.7 Å². The Labute approximate surface area is 314 Å². The van der Waals surface area contributed by atoms with Crippen molar-refractivity contribution in [1.29, 1.82) is 0 Å². The molecular weight excluding hydrogens is 679 g/mol. The summed E-state index contributed by atoms with van der Waals surface area (Å²) < 4.78 is 28.9. The maximum atomic E-state index is 13.8. The van der Waals surface area contributed by atoms with E-state index in [9.17, 15) is 23.6 Å². The van der Waals surface area contributed by atoms with E-state index in [1.165, 1.54) is 0 Å². The van der Waals surface area contributed by atoms with Gasteiger partial charge in [0.1, 0.15) is 30.2 Å². The molecule has 0 bridgehead atoms. The van der Waals surface area contributed by atoms with Crippen LogP contribution in [0.3, 0.4) is 0 Å². The van der Waals surface area contributed by atoms with Gasteiger partial charge in [-0.25, -0.2) is 9.18 Å². The summed E-state index contributed by atoms with van der Waals surface area (Å²) in [6.07, 6.45) is 8.69. The quantitative estimate of drug-likeness (QED) is 0.211. The van der Waals surface area contributed by atoms with E-state index in [1.54, 1.807) is 43.0 Å². The highest BCUT2D eigenvalue weighted by Crippen LogP contribution is 2.27. The van der Waals surface area contributed by atoms with Gasteiger partial charge < -0.3 is 29.3 Å². The predicted molar refractivity (Wildman–Crippen MR) is 200 cm³/mol. The van der Waals surface area contributed by atoms with Crippen LogP contribution in [0, 0.1) is 11.8 Å². The van der Waals surface area contributed by atoms with Crippen LogP contribution < -0.4 is 10.1 Å². The van der Waals surface area contributed by atoms with Gasteiger partial charge in [0.15, 0.2) is 0 Å². The van der Waals surface area contributed by atoms with Crippen molar-refractivity contribution in [1.82, 2.24) is 20.1 Å². The van der Waals surface area contributed by atoms with Crippen LogP contribution in [-0.2, 0) is 36.7 Å². The number of aromatic nitrogens is 1. The Morgan fingerprint density at radius 2 is 1.57 bits per heavy atom. The zero-order valence-corrected chi connectivity index (χ0v) is 32.5. The van der Waals surface area contributed by atoms with Crippen molar-refractivity contribution < 1.29 is 37.8 Å². The number of carbonyl (C=O) groups is 4. The van der Waals surface area contributed by atoms with Gasteiger partial charge in [0, 0.05) is 45.0 Å². The van der Waals surface area contributed by atoms with Gasteiger partial charge in [-0.15, -0.1) is 0 Å². The van der Waals surface area contributed by atoms with Gasteiger partial charge in [0.2, 0.25) is 11.8 Å². The number of hydrogen-bond acceptors (Lipinski definition) is 8. The lowest BCUT2D eigenvalue weighted by atomic mass is 9.91. The van der Waals surface area contributed by atoms with Gasteiger partial charge in [-0.2, -0.15) is 0 Å². The average molecular weight is 739 g/mol. The van der Waals surface area contributed by atoms with E-state index < -0.39 is 35.8 Å². The Kier molecular flexibility index (Phi) is 15.1. The second-order valence-electron chi connectivity index (χ2n) is 16.3. The third kappa shape index (κ3) is 14.3. The fourth-order valence-electron chi connectivity index (χ4n) is 6.76. The minimum absolute atomic E-state index is 0.0242. The molecule has 292 valence electrons. The SMILES string of the molecule is CC(C)(C)OC(=O)C[C@H](NC(=O)[C@@H]1CCCN(C(=O)CCC2CCN(C(=O)OC(C)(C)C)CC2)C1)c1cncc(CCc2ccc(OCCF)cc2)c1. The summed E-state index contributed by atoms with van der Waals surface area (Å²) in [4.78, 5) is 60.6. The maximum absolute atomic E-state index is 13.8. The van der Waals surface area contributed by atoms with Crippen molar-refractivity contribution >= 4 is 23.9 Å². The van der Waals surface area contributed by atoms with Gasteiger partial charge >= 0.3 is 12.1 Å². The van der Waals surface area contributed by atoms with Crippen LogP contribution in [0.4, 0.5) is 9.18 Å². The number of benzene rings is 1. The highest BCUT2D eigenvalue weighted by Gasteiger charge is 2.32. The summed E-state index contributed by atoms with van der Waals surface area (Å²) in [6.45, 7) is 12.7. The van der Waals surface area contributed by atoms with Crippen LogP contribution >= 0.6 is 0 Å². The average Bonchev–Trinajstić information content (AvgIpc) is 3.11. The highest BCUT2D eigenvalue weighted by molar-refractivity contribution is 5.82. The molecule has 0 unspecified atom stereocenters. The third-order valence-electron chi connectivity index (χ3n) is 9.47. The number of hydrogen-bond donors (Lipinski definition) is 1. The Hall–Kier alpha value is -4.22. The zero-order valence-electron chi connectivity index (χ0n) is 32.5. The molecule has 2 fully saturated rings. The molecule has 2 aromatic rings. The Morgan fingerprint density at radius 3 is 2.23 bits per heavy atom. The first-order valence-corrected chi connectivity index (χ1v) is 19.1. The molecular formula is C41H59FN4O7. The molecule has 2 aliphatic heterocycles. The molecule has 4 rings (SSSR count). The summed E-state index contributed by atoms with van der Waals surface area (Å²) in [5.74, 6) is -0.0185. The number of rotatable bonds is 14. The lowest BCUT2D eigenvalue weighted by Gasteiger charge is -2.35. The molecule has 3 amide bonds. The molecule has 53 heavy (non-hydrogen) atoms. The molecule has 0 saturated carbocycles. The van der Waals surface area contributed by atoms with E-state index in [2.05, 4.69) is 10.3 Å². The van der Waals surface area contributed by atoms with Crippen molar-refractivity contribution in [2.24, 2.45) is 11.8 Å². The van der Waals surface area contributed by atoms with Crippen molar-refractivity contribution in [3.05, 3.63) is 59.4 Å².